The summed E-state index contributed by atoms with van der Waals surface area (Å²) in [6.45, 7) is 0.691. The molecular weight excluding hydrogens is 350 g/mol. The summed E-state index contributed by atoms with van der Waals surface area (Å²) in [6.07, 6.45) is 2.21. The molecule has 110 valence electrons. The van der Waals surface area contributed by atoms with Crippen LogP contribution in [0.25, 0.3) is 0 Å². The molecule has 1 amide bonds. The molecule has 5 heteroatoms. The topological polar surface area (TPSA) is 29.5 Å². The van der Waals surface area contributed by atoms with E-state index in [2.05, 4.69) is 32.8 Å². The number of amides is 1. The highest BCUT2D eigenvalue weighted by molar-refractivity contribution is 9.10. The molecule has 0 spiro atoms. The zero-order chi connectivity index (χ0) is 14.8. The van der Waals surface area contributed by atoms with E-state index < -0.39 is 0 Å². The van der Waals surface area contributed by atoms with Crippen LogP contribution in [0, 0.1) is 0 Å². The summed E-state index contributed by atoms with van der Waals surface area (Å²) in [5.41, 5.74) is 1.90. The Balaban J connectivity index is 1.82. The number of carbonyl (C=O) groups is 1. The van der Waals surface area contributed by atoms with Gasteiger partial charge in [0.2, 0.25) is 0 Å². The van der Waals surface area contributed by atoms with E-state index in [1.807, 2.05) is 23.1 Å². The minimum absolute atomic E-state index is 0.0899. The molecule has 3 rings (SSSR count). The Hall–Kier alpha value is -1.33. The third kappa shape index (κ3) is 3.30. The normalized spacial score (nSPS) is 14.0. The Morgan fingerprint density at radius 1 is 1.43 bits per heavy atom. The van der Waals surface area contributed by atoms with Gasteiger partial charge in [0.25, 0.3) is 5.91 Å². The molecule has 1 aliphatic rings. The smallest absolute Gasteiger partial charge is 0.254 e. The largest absolute Gasteiger partial charge is 0.496 e. The number of benzene rings is 1. The third-order valence-corrected chi connectivity index (χ3v) is 4.93. The van der Waals surface area contributed by atoms with Crippen LogP contribution in [0.1, 0.15) is 28.8 Å². The number of rotatable bonds is 5. The Labute approximate surface area is 136 Å². The molecule has 21 heavy (non-hydrogen) atoms. The summed E-state index contributed by atoms with van der Waals surface area (Å²) < 4.78 is 6.02. The predicted octanol–water partition coefficient (Wildman–Crippen LogP) is 4.32. The molecule has 3 nitrogen and oxygen atoms in total. The van der Waals surface area contributed by atoms with Crippen LogP contribution in [0.4, 0.5) is 0 Å². The number of halogens is 1. The van der Waals surface area contributed by atoms with E-state index in [-0.39, 0.29) is 5.91 Å². The van der Waals surface area contributed by atoms with E-state index in [4.69, 9.17) is 4.74 Å². The van der Waals surface area contributed by atoms with E-state index in [1.54, 1.807) is 18.4 Å². The van der Waals surface area contributed by atoms with Crippen molar-refractivity contribution in [2.24, 2.45) is 0 Å². The second-order valence-electron chi connectivity index (χ2n) is 5.15. The lowest BCUT2D eigenvalue weighted by atomic mass is 10.1. The van der Waals surface area contributed by atoms with Crippen molar-refractivity contribution in [3.8, 4) is 5.75 Å². The van der Waals surface area contributed by atoms with Crippen molar-refractivity contribution < 1.29 is 9.53 Å². The molecule has 0 unspecified atom stereocenters. The van der Waals surface area contributed by atoms with Gasteiger partial charge >= 0.3 is 0 Å². The van der Waals surface area contributed by atoms with E-state index in [1.165, 1.54) is 5.56 Å². The maximum Gasteiger partial charge on any atom is 0.254 e. The number of carbonyl (C=O) groups excluding carboxylic acids is 1. The first-order valence-electron chi connectivity index (χ1n) is 6.84. The van der Waals surface area contributed by atoms with Gasteiger partial charge in [0, 0.05) is 18.2 Å². The number of nitrogens with zero attached hydrogens (tertiary/aromatic N) is 1. The van der Waals surface area contributed by atoms with Gasteiger partial charge < -0.3 is 9.64 Å². The molecule has 1 heterocycles. The average Bonchev–Trinajstić information content (AvgIpc) is 3.20. The van der Waals surface area contributed by atoms with Crippen molar-refractivity contribution in [2.75, 3.05) is 7.11 Å². The van der Waals surface area contributed by atoms with Crippen LogP contribution in [0.3, 0.4) is 0 Å². The number of methoxy groups -OCH3 is 1. The second kappa shape index (κ2) is 6.20. The fourth-order valence-corrected chi connectivity index (χ4v) is 3.50. The van der Waals surface area contributed by atoms with Crippen molar-refractivity contribution >= 4 is 33.2 Å². The highest BCUT2D eigenvalue weighted by Gasteiger charge is 2.33. The summed E-state index contributed by atoms with van der Waals surface area (Å²) in [6, 6.07) is 7.96. The zero-order valence-corrected chi connectivity index (χ0v) is 14.1. The lowest BCUT2D eigenvalue weighted by Gasteiger charge is -2.22. The molecule has 0 bridgehead atoms. The molecule has 0 atom stereocenters. The van der Waals surface area contributed by atoms with Gasteiger partial charge in [0.1, 0.15) is 5.75 Å². The summed E-state index contributed by atoms with van der Waals surface area (Å²) in [7, 11) is 1.62. The molecule has 1 aromatic heterocycles. The maximum absolute atomic E-state index is 12.8. The van der Waals surface area contributed by atoms with Crippen molar-refractivity contribution in [1.82, 2.24) is 4.90 Å². The van der Waals surface area contributed by atoms with Gasteiger partial charge in [-0.1, -0.05) is 0 Å². The Morgan fingerprint density at radius 2 is 2.24 bits per heavy atom. The van der Waals surface area contributed by atoms with Crippen LogP contribution in [0.5, 0.6) is 5.75 Å². The van der Waals surface area contributed by atoms with Gasteiger partial charge in [-0.2, -0.15) is 11.3 Å². The Kier molecular flexibility index (Phi) is 4.31. The van der Waals surface area contributed by atoms with Crippen LogP contribution in [-0.2, 0) is 6.54 Å². The SMILES string of the molecule is COc1ccc(C(=O)N(Cc2ccsc2)C2CC2)cc1Br. The third-order valence-electron chi connectivity index (χ3n) is 3.58. The average molecular weight is 366 g/mol. The van der Waals surface area contributed by atoms with E-state index >= 15 is 0 Å². The minimum Gasteiger partial charge on any atom is -0.496 e. The summed E-state index contributed by atoms with van der Waals surface area (Å²) >= 11 is 5.11. The van der Waals surface area contributed by atoms with E-state index in [0.29, 0.717) is 18.2 Å². The molecule has 0 radical (unpaired) electrons. The number of hydrogen-bond donors (Lipinski definition) is 0. The first-order chi connectivity index (χ1) is 10.2. The maximum atomic E-state index is 12.8. The van der Waals surface area contributed by atoms with Gasteiger partial charge in [-0.25, -0.2) is 0 Å². The van der Waals surface area contributed by atoms with Crippen molar-refractivity contribution in [3.63, 3.8) is 0 Å². The lowest BCUT2D eigenvalue weighted by Crippen LogP contribution is -2.32. The van der Waals surface area contributed by atoms with Gasteiger partial charge in [-0.05, 0) is 69.4 Å². The van der Waals surface area contributed by atoms with Crippen molar-refractivity contribution in [1.29, 1.82) is 0 Å². The molecule has 0 saturated heterocycles. The first kappa shape index (κ1) is 14.6. The zero-order valence-electron chi connectivity index (χ0n) is 11.7. The summed E-state index contributed by atoms with van der Waals surface area (Å²) in [5.74, 6) is 0.828. The number of ether oxygens (including phenoxy) is 1. The molecule has 1 fully saturated rings. The van der Waals surface area contributed by atoms with Gasteiger partial charge in [-0.3, -0.25) is 4.79 Å². The highest BCUT2D eigenvalue weighted by Crippen LogP contribution is 2.32. The first-order valence-corrected chi connectivity index (χ1v) is 8.58. The standard InChI is InChI=1S/C16H16BrNO2S/c1-20-15-5-2-12(8-14(15)17)16(19)18(13-3-4-13)9-11-6-7-21-10-11/h2,5-8,10,13H,3-4,9H2,1H3. The monoisotopic (exact) mass is 365 g/mol. The predicted molar refractivity (Wildman–Crippen MR) is 87.9 cm³/mol. The molecule has 2 aromatic rings. The van der Waals surface area contributed by atoms with Gasteiger partial charge in [-0.15, -0.1) is 0 Å². The summed E-state index contributed by atoms with van der Waals surface area (Å²) in [5, 5.41) is 4.15. The van der Waals surface area contributed by atoms with Crippen molar-refractivity contribution in [2.45, 2.75) is 25.4 Å². The van der Waals surface area contributed by atoms with Gasteiger partial charge in [0.15, 0.2) is 0 Å². The van der Waals surface area contributed by atoms with E-state index in [0.717, 1.165) is 23.1 Å². The molecular formula is C16H16BrNO2S. The minimum atomic E-state index is 0.0899. The highest BCUT2D eigenvalue weighted by atomic mass is 79.9. The quantitative estimate of drug-likeness (QED) is 0.789. The molecule has 1 saturated carbocycles. The Morgan fingerprint density at radius 3 is 2.81 bits per heavy atom. The van der Waals surface area contributed by atoms with Gasteiger partial charge in [0.05, 0.1) is 11.6 Å². The molecule has 1 aromatic carbocycles. The Bertz CT molecular complexity index is 638. The van der Waals surface area contributed by atoms with E-state index in [9.17, 15) is 4.79 Å². The lowest BCUT2D eigenvalue weighted by molar-refractivity contribution is 0.0730. The second-order valence-corrected chi connectivity index (χ2v) is 6.78. The van der Waals surface area contributed by atoms with Crippen LogP contribution in [-0.4, -0.2) is 24.0 Å². The van der Waals surface area contributed by atoms with Crippen LogP contribution < -0.4 is 4.74 Å². The molecule has 0 N–H and O–H groups in total. The van der Waals surface area contributed by atoms with Crippen LogP contribution in [0.2, 0.25) is 0 Å². The van der Waals surface area contributed by atoms with Crippen LogP contribution >= 0.6 is 27.3 Å². The fourth-order valence-electron chi connectivity index (χ4n) is 2.30. The number of thiophene rings is 1. The molecule has 1 aliphatic carbocycles. The summed E-state index contributed by atoms with van der Waals surface area (Å²) in [4.78, 5) is 14.8. The fraction of sp³-hybridized carbons (Fsp3) is 0.312. The number of hydrogen-bond acceptors (Lipinski definition) is 3. The molecule has 0 aliphatic heterocycles. The van der Waals surface area contributed by atoms with Crippen LogP contribution in [0.15, 0.2) is 39.5 Å². The van der Waals surface area contributed by atoms with Crippen molar-refractivity contribution in [3.05, 3.63) is 50.6 Å².